The fourth-order valence-corrected chi connectivity index (χ4v) is 2.04. The first-order chi connectivity index (χ1) is 9.35. The zero-order valence-corrected chi connectivity index (χ0v) is 11.8. The molecule has 1 heterocycles. The summed E-state index contributed by atoms with van der Waals surface area (Å²) in [5.41, 5.74) is 0. The van der Waals surface area contributed by atoms with Crippen LogP contribution in [0.2, 0.25) is 0 Å². The SMILES string of the molecule is CCCCNC[C@@H]1COc2cccc(OCC)c2O1. The monoisotopic (exact) mass is 265 g/mol. The van der Waals surface area contributed by atoms with Gasteiger partial charge in [-0.25, -0.2) is 0 Å². The van der Waals surface area contributed by atoms with Crippen LogP contribution < -0.4 is 19.5 Å². The third kappa shape index (κ3) is 3.77. The molecular weight excluding hydrogens is 242 g/mol. The summed E-state index contributed by atoms with van der Waals surface area (Å²) in [6.07, 6.45) is 2.44. The molecule has 106 valence electrons. The van der Waals surface area contributed by atoms with Gasteiger partial charge in [-0.3, -0.25) is 0 Å². The van der Waals surface area contributed by atoms with Gasteiger partial charge in [0.25, 0.3) is 0 Å². The normalized spacial score (nSPS) is 17.3. The Bertz CT molecular complexity index is 395. The van der Waals surface area contributed by atoms with Crippen LogP contribution in [0.3, 0.4) is 0 Å². The molecule has 1 aliphatic rings. The molecule has 1 aromatic carbocycles. The lowest BCUT2D eigenvalue weighted by Gasteiger charge is -2.28. The highest BCUT2D eigenvalue weighted by atomic mass is 16.6. The zero-order chi connectivity index (χ0) is 13.5. The first-order valence-electron chi connectivity index (χ1n) is 7.11. The van der Waals surface area contributed by atoms with Gasteiger partial charge in [-0.05, 0) is 32.0 Å². The number of benzene rings is 1. The van der Waals surface area contributed by atoms with E-state index in [0.717, 1.165) is 30.3 Å². The topological polar surface area (TPSA) is 39.7 Å². The molecule has 0 spiro atoms. The van der Waals surface area contributed by atoms with Crippen LogP contribution in [-0.2, 0) is 0 Å². The molecule has 0 aliphatic carbocycles. The van der Waals surface area contributed by atoms with Crippen molar-refractivity contribution in [1.29, 1.82) is 0 Å². The van der Waals surface area contributed by atoms with Gasteiger partial charge in [0.15, 0.2) is 11.5 Å². The van der Waals surface area contributed by atoms with Crippen LogP contribution in [0.4, 0.5) is 0 Å². The summed E-state index contributed by atoms with van der Waals surface area (Å²) in [6, 6.07) is 5.75. The Balaban J connectivity index is 1.93. The summed E-state index contributed by atoms with van der Waals surface area (Å²) < 4.78 is 17.3. The maximum absolute atomic E-state index is 5.98. The highest BCUT2D eigenvalue weighted by Gasteiger charge is 2.23. The van der Waals surface area contributed by atoms with E-state index >= 15 is 0 Å². The van der Waals surface area contributed by atoms with Crippen LogP contribution in [0.25, 0.3) is 0 Å². The van der Waals surface area contributed by atoms with Gasteiger partial charge >= 0.3 is 0 Å². The highest BCUT2D eigenvalue weighted by Crippen LogP contribution is 2.40. The number of rotatable bonds is 7. The Morgan fingerprint density at radius 1 is 1.37 bits per heavy atom. The van der Waals surface area contributed by atoms with Gasteiger partial charge < -0.3 is 19.5 Å². The van der Waals surface area contributed by atoms with E-state index in [1.165, 1.54) is 12.8 Å². The van der Waals surface area contributed by atoms with Crippen molar-refractivity contribution < 1.29 is 14.2 Å². The average molecular weight is 265 g/mol. The Morgan fingerprint density at radius 2 is 2.26 bits per heavy atom. The highest BCUT2D eigenvalue weighted by molar-refractivity contribution is 5.52. The number of hydrogen-bond acceptors (Lipinski definition) is 4. The minimum Gasteiger partial charge on any atom is -0.490 e. The molecule has 2 rings (SSSR count). The van der Waals surface area contributed by atoms with Crippen LogP contribution in [0.5, 0.6) is 17.2 Å². The van der Waals surface area contributed by atoms with Crippen molar-refractivity contribution in [1.82, 2.24) is 5.32 Å². The summed E-state index contributed by atoms with van der Waals surface area (Å²) in [7, 11) is 0. The van der Waals surface area contributed by atoms with E-state index in [4.69, 9.17) is 14.2 Å². The maximum Gasteiger partial charge on any atom is 0.204 e. The van der Waals surface area contributed by atoms with Gasteiger partial charge in [0.2, 0.25) is 5.75 Å². The summed E-state index contributed by atoms with van der Waals surface area (Å²) in [4.78, 5) is 0. The molecular formula is C15H23NO3. The summed E-state index contributed by atoms with van der Waals surface area (Å²) >= 11 is 0. The molecule has 0 unspecified atom stereocenters. The molecule has 0 fully saturated rings. The summed E-state index contributed by atoms with van der Waals surface area (Å²) in [5, 5.41) is 3.39. The molecule has 1 N–H and O–H groups in total. The minimum absolute atomic E-state index is 0.0472. The fourth-order valence-electron chi connectivity index (χ4n) is 2.04. The molecule has 0 saturated heterocycles. The maximum atomic E-state index is 5.98. The number of fused-ring (bicyclic) bond motifs is 1. The van der Waals surface area contributed by atoms with Crippen LogP contribution >= 0.6 is 0 Å². The van der Waals surface area contributed by atoms with E-state index in [9.17, 15) is 0 Å². The van der Waals surface area contributed by atoms with Crippen molar-refractivity contribution in [3.8, 4) is 17.2 Å². The number of nitrogens with one attached hydrogen (secondary N) is 1. The molecule has 0 radical (unpaired) electrons. The lowest BCUT2D eigenvalue weighted by atomic mass is 10.2. The average Bonchev–Trinajstić information content (AvgIpc) is 2.44. The predicted molar refractivity (Wildman–Crippen MR) is 75.3 cm³/mol. The molecule has 0 saturated carbocycles. The van der Waals surface area contributed by atoms with Crippen molar-refractivity contribution >= 4 is 0 Å². The largest absolute Gasteiger partial charge is 0.490 e. The number of unbranched alkanes of at least 4 members (excludes halogenated alkanes) is 1. The molecule has 0 bridgehead atoms. The van der Waals surface area contributed by atoms with E-state index in [0.29, 0.717) is 13.2 Å². The van der Waals surface area contributed by atoms with Crippen molar-refractivity contribution in [3.05, 3.63) is 18.2 Å². The van der Waals surface area contributed by atoms with E-state index < -0.39 is 0 Å². The molecule has 0 aromatic heterocycles. The smallest absolute Gasteiger partial charge is 0.204 e. The van der Waals surface area contributed by atoms with E-state index in [2.05, 4.69) is 12.2 Å². The van der Waals surface area contributed by atoms with Gasteiger partial charge in [-0.15, -0.1) is 0 Å². The van der Waals surface area contributed by atoms with Gasteiger partial charge in [0.1, 0.15) is 12.7 Å². The third-order valence-corrected chi connectivity index (χ3v) is 3.03. The summed E-state index contributed by atoms with van der Waals surface area (Å²) in [5.74, 6) is 2.27. The fraction of sp³-hybridized carbons (Fsp3) is 0.600. The number of ether oxygens (including phenoxy) is 3. The van der Waals surface area contributed by atoms with Gasteiger partial charge in [0.05, 0.1) is 6.61 Å². The Morgan fingerprint density at radius 3 is 3.05 bits per heavy atom. The zero-order valence-electron chi connectivity index (χ0n) is 11.8. The van der Waals surface area contributed by atoms with Crippen LogP contribution in [-0.4, -0.2) is 32.4 Å². The molecule has 1 atom stereocenters. The van der Waals surface area contributed by atoms with E-state index in [1.54, 1.807) is 0 Å². The predicted octanol–water partition coefficient (Wildman–Crippen LogP) is 2.61. The second kappa shape index (κ2) is 7.24. The third-order valence-electron chi connectivity index (χ3n) is 3.03. The van der Waals surface area contributed by atoms with Crippen LogP contribution in [0, 0.1) is 0 Å². The standard InChI is InChI=1S/C15H23NO3/c1-3-5-9-16-10-12-11-18-14-8-6-7-13(17-4-2)15(14)19-12/h6-8,12,16H,3-5,9-11H2,1-2H3/t12-/m1/s1. The molecule has 4 heteroatoms. The molecule has 19 heavy (non-hydrogen) atoms. The van der Waals surface area contributed by atoms with Crippen molar-refractivity contribution in [2.24, 2.45) is 0 Å². The molecule has 0 amide bonds. The quantitative estimate of drug-likeness (QED) is 0.769. The number of hydrogen-bond donors (Lipinski definition) is 1. The van der Waals surface area contributed by atoms with Crippen LogP contribution in [0.1, 0.15) is 26.7 Å². The van der Waals surface area contributed by atoms with Gasteiger partial charge in [-0.1, -0.05) is 19.4 Å². The summed E-state index contributed by atoms with van der Waals surface area (Å²) in [6.45, 7) is 7.19. The Hall–Kier alpha value is -1.42. The Labute approximate surface area is 115 Å². The molecule has 4 nitrogen and oxygen atoms in total. The number of para-hydroxylation sites is 1. The lowest BCUT2D eigenvalue weighted by Crippen LogP contribution is -2.38. The molecule has 1 aliphatic heterocycles. The second-order valence-corrected chi connectivity index (χ2v) is 4.62. The van der Waals surface area contributed by atoms with Gasteiger partial charge in [-0.2, -0.15) is 0 Å². The molecule has 1 aromatic rings. The Kier molecular flexibility index (Phi) is 5.33. The van der Waals surface area contributed by atoms with E-state index in [1.807, 2.05) is 25.1 Å². The van der Waals surface area contributed by atoms with Gasteiger partial charge in [0, 0.05) is 6.54 Å². The first kappa shape index (κ1) is 14.0. The first-order valence-corrected chi connectivity index (χ1v) is 7.11. The second-order valence-electron chi connectivity index (χ2n) is 4.62. The van der Waals surface area contributed by atoms with Crippen LogP contribution in [0.15, 0.2) is 18.2 Å². The van der Waals surface area contributed by atoms with E-state index in [-0.39, 0.29) is 6.10 Å². The van der Waals surface area contributed by atoms with Crippen molar-refractivity contribution in [3.63, 3.8) is 0 Å². The van der Waals surface area contributed by atoms with Crippen molar-refractivity contribution in [2.45, 2.75) is 32.8 Å². The van der Waals surface area contributed by atoms with Crippen molar-refractivity contribution in [2.75, 3.05) is 26.3 Å². The minimum atomic E-state index is 0.0472. The lowest BCUT2D eigenvalue weighted by molar-refractivity contribution is 0.0855.